The highest BCUT2D eigenvalue weighted by molar-refractivity contribution is 5.85. The third-order valence-electron chi connectivity index (χ3n) is 4.86. The number of carbonyl (C=O) groups is 1. The Morgan fingerprint density at radius 1 is 1.16 bits per heavy atom. The van der Waals surface area contributed by atoms with Crippen LogP contribution in [0.15, 0.2) is 42.7 Å². The van der Waals surface area contributed by atoms with Crippen LogP contribution in [0.1, 0.15) is 22.1 Å². The number of benzene rings is 1. The minimum absolute atomic E-state index is 0.0259. The summed E-state index contributed by atoms with van der Waals surface area (Å²) in [5.74, 6) is -0.445. The highest BCUT2D eigenvalue weighted by atomic mass is 16.5. The van der Waals surface area contributed by atoms with Crippen molar-refractivity contribution < 1.29 is 14.6 Å². The molecule has 1 aromatic heterocycles. The standard InChI is InChI=1S/C18H20N4O3/c23-18(24)15-8-19-9-17(20-15)21-6-7-22-14(10-21)11-25-12-16(22)13-4-2-1-3-5-13/h1-5,8-9,14,16H,6-7,10-12H2,(H,23,24)/t14-,16-/m1/s1. The number of carboxylic acid groups (broad SMARTS) is 1. The number of rotatable bonds is 3. The number of aromatic carboxylic acids is 1. The summed E-state index contributed by atoms with van der Waals surface area (Å²) in [7, 11) is 0. The molecule has 1 aromatic carbocycles. The molecule has 2 fully saturated rings. The van der Waals surface area contributed by atoms with Gasteiger partial charge in [0.25, 0.3) is 0 Å². The zero-order valence-electron chi connectivity index (χ0n) is 13.8. The topological polar surface area (TPSA) is 78.8 Å². The van der Waals surface area contributed by atoms with Gasteiger partial charge in [-0.2, -0.15) is 0 Å². The molecule has 2 aliphatic heterocycles. The first-order valence-electron chi connectivity index (χ1n) is 8.41. The van der Waals surface area contributed by atoms with E-state index in [9.17, 15) is 4.79 Å². The maximum absolute atomic E-state index is 11.1. The van der Waals surface area contributed by atoms with Crippen LogP contribution in [0.25, 0.3) is 0 Å². The molecule has 0 amide bonds. The van der Waals surface area contributed by atoms with E-state index in [1.807, 2.05) is 6.07 Å². The van der Waals surface area contributed by atoms with E-state index >= 15 is 0 Å². The van der Waals surface area contributed by atoms with Gasteiger partial charge in [0.05, 0.1) is 37.7 Å². The summed E-state index contributed by atoms with van der Waals surface area (Å²) in [6, 6.07) is 10.9. The molecular formula is C18H20N4O3. The molecule has 1 N–H and O–H groups in total. The molecule has 3 heterocycles. The molecule has 0 aliphatic carbocycles. The number of anilines is 1. The molecule has 0 spiro atoms. The highest BCUT2D eigenvalue weighted by Gasteiger charge is 2.36. The van der Waals surface area contributed by atoms with Gasteiger partial charge in [0.2, 0.25) is 0 Å². The molecule has 0 radical (unpaired) electrons. The normalized spacial score (nSPS) is 23.9. The largest absolute Gasteiger partial charge is 0.476 e. The predicted molar refractivity (Wildman–Crippen MR) is 91.7 cm³/mol. The SMILES string of the molecule is O=C(O)c1cncc(N2CCN3[C@@H](COC[C@@H]3c3ccccc3)C2)n1. The van der Waals surface area contributed by atoms with Gasteiger partial charge in [0.1, 0.15) is 5.82 Å². The number of ether oxygens (including phenoxy) is 1. The van der Waals surface area contributed by atoms with E-state index in [-0.39, 0.29) is 17.8 Å². The Hall–Kier alpha value is -2.51. The third kappa shape index (κ3) is 3.20. The zero-order chi connectivity index (χ0) is 17.2. The lowest BCUT2D eigenvalue weighted by Crippen LogP contribution is -2.59. The second-order valence-electron chi connectivity index (χ2n) is 6.37. The molecule has 7 nitrogen and oxygen atoms in total. The number of nitrogens with zero attached hydrogens (tertiary/aromatic N) is 4. The van der Waals surface area contributed by atoms with E-state index in [1.165, 1.54) is 11.8 Å². The lowest BCUT2D eigenvalue weighted by molar-refractivity contribution is -0.0548. The van der Waals surface area contributed by atoms with Crippen molar-refractivity contribution in [3.63, 3.8) is 0 Å². The van der Waals surface area contributed by atoms with Crippen LogP contribution in [0.3, 0.4) is 0 Å². The quantitative estimate of drug-likeness (QED) is 0.905. The van der Waals surface area contributed by atoms with E-state index in [4.69, 9.17) is 9.84 Å². The molecule has 25 heavy (non-hydrogen) atoms. The summed E-state index contributed by atoms with van der Waals surface area (Å²) >= 11 is 0. The molecule has 2 atom stereocenters. The first-order chi connectivity index (χ1) is 12.2. The maximum atomic E-state index is 11.1. The van der Waals surface area contributed by atoms with E-state index in [2.05, 4.69) is 44.0 Å². The van der Waals surface area contributed by atoms with Crippen LogP contribution in [0.5, 0.6) is 0 Å². The number of hydrogen-bond donors (Lipinski definition) is 1. The number of hydrogen-bond acceptors (Lipinski definition) is 6. The summed E-state index contributed by atoms with van der Waals surface area (Å²) < 4.78 is 5.85. The van der Waals surface area contributed by atoms with Crippen molar-refractivity contribution in [3.05, 3.63) is 54.0 Å². The van der Waals surface area contributed by atoms with Crippen molar-refractivity contribution in [1.29, 1.82) is 0 Å². The Morgan fingerprint density at radius 3 is 2.80 bits per heavy atom. The van der Waals surface area contributed by atoms with Crippen molar-refractivity contribution in [3.8, 4) is 0 Å². The number of piperazine rings is 1. The predicted octanol–water partition coefficient (Wildman–Crippen LogP) is 1.44. The van der Waals surface area contributed by atoms with Crippen LogP contribution in [0.4, 0.5) is 5.82 Å². The molecule has 7 heteroatoms. The van der Waals surface area contributed by atoms with Gasteiger partial charge >= 0.3 is 5.97 Å². The molecule has 0 bridgehead atoms. The first-order valence-corrected chi connectivity index (χ1v) is 8.41. The van der Waals surface area contributed by atoms with Crippen LogP contribution in [-0.4, -0.2) is 64.8 Å². The van der Waals surface area contributed by atoms with Crippen LogP contribution in [0.2, 0.25) is 0 Å². The van der Waals surface area contributed by atoms with Gasteiger partial charge < -0.3 is 14.7 Å². The van der Waals surface area contributed by atoms with Gasteiger partial charge in [-0.25, -0.2) is 9.78 Å². The monoisotopic (exact) mass is 340 g/mol. The smallest absolute Gasteiger partial charge is 0.356 e. The van der Waals surface area contributed by atoms with Crippen molar-refractivity contribution in [2.24, 2.45) is 0 Å². The Bertz CT molecular complexity index is 755. The summed E-state index contributed by atoms with van der Waals surface area (Å²) in [6.07, 6.45) is 2.90. The van der Waals surface area contributed by atoms with Crippen LogP contribution in [-0.2, 0) is 4.74 Å². The fourth-order valence-electron chi connectivity index (χ4n) is 3.62. The van der Waals surface area contributed by atoms with E-state index in [0.29, 0.717) is 19.0 Å². The highest BCUT2D eigenvalue weighted by Crippen LogP contribution is 2.30. The zero-order valence-corrected chi connectivity index (χ0v) is 13.8. The van der Waals surface area contributed by atoms with Crippen LogP contribution < -0.4 is 4.90 Å². The fourth-order valence-corrected chi connectivity index (χ4v) is 3.62. The minimum Gasteiger partial charge on any atom is -0.476 e. The Kier molecular flexibility index (Phi) is 4.33. The Balaban J connectivity index is 1.52. The molecule has 0 unspecified atom stereocenters. The van der Waals surface area contributed by atoms with Crippen LogP contribution >= 0.6 is 0 Å². The number of morpholine rings is 1. The van der Waals surface area contributed by atoms with Gasteiger partial charge in [-0.1, -0.05) is 30.3 Å². The third-order valence-corrected chi connectivity index (χ3v) is 4.86. The molecule has 2 aromatic rings. The molecule has 0 saturated carbocycles. The summed E-state index contributed by atoms with van der Waals surface area (Å²) in [6.45, 7) is 3.80. The molecule has 2 saturated heterocycles. The van der Waals surface area contributed by atoms with Crippen molar-refractivity contribution in [2.75, 3.05) is 37.7 Å². The maximum Gasteiger partial charge on any atom is 0.356 e. The van der Waals surface area contributed by atoms with Gasteiger partial charge in [-0.15, -0.1) is 0 Å². The second kappa shape index (κ2) is 6.78. The number of aromatic nitrogens is 2. The van der Waals surface area contributed by atoms with Gasteiger partial charge in [0.15, 0.2) is 5.69 Å². The average molecular weight is 340 g/mol. The van der Waals surface area contributed by atoms with Gasteiger partial charge in [-0.05, 0) is 5.56 Å². The number of fused-ring (bicyclic) bond motifs is 1. The molecular weight excluding hydrogens is 320 g/mol. The Labute approximate surface area is 145 Å². The molecule has 4 rings (SSSR count). The van der Waals surface area contributed by atoms with Gasteiger partial charge in [0, 0.05) is 19.6 Å². The average Bonchev–Trinajstić information content (AvgIpc) is 2.68. The van der Waals surface area contributed by atoms with E-state index in [0.717, 1.165) is 19.6 Å². The lowest BCUT2D eigenvalue weighted by atomic mass is 10.0. The summed E-state index contributed by atoms with van der Waals surface area (Å²) in [5.41, 5.74) is 1.25. The molecule has 130 valence electrons. The fraction of sp³-hybridized carbons (Fsp3) is 0.389. The second-order valence-corrected chi connectivity index (χ2v) is 6.37. The number of carboxylic acids is 1. The Morgan fingerprint density at radius 2 is 2.00 bits per heavy atom. The van der Waals surface area contributed by atoms with E-state index < -0.39 is 5.97 Å². The summed E-state index contributed by atoms with van der Waals surface area (Å²) in [4.78, 5) is 23.9. The van der Waals surface area contributed by atoms with Crippen molar-refractivity contribution in [1.82, 2.24) is 14.9 Å². The van der Waals surface area contributed by atoms with Gasteiger partial charge in [-0.3, -0.25) is 9.88 Å². The van der Waals surface area contributed by atoms with Crippen molar-refractivity contribution >= 4 is 11.8 Å². The molecule has 2 aliphatic rings. The minimum atomic E-state index is -1.06. The summed E-state index contributed by atoms with van der Waals surface area (Å²) in [5, 5.41) is 9.11. The first kappa shape index (κ1) is 16.0. The van der Waals surface area contributed by atoms with Crippen molar-refractivity contribution in [2.45, 2.75) is 12.1 Å². The lowest BCUT2D eigenvalue weighted by Gasteiger charge is -2.48. The van der Waals surface area contributed by atoms with E-state index in [1.54, 1.807) is 6.20 Å². The van der Waals surface area contributed by atoms with Crippen LogP contribution in [0, 0.1) is 0 Å².